The molecular weight excluding hydrogens is 496 g/mol. The van der Waals surface area contributed by atoms with Gasteiger partial charge in [0.15, 0.2) is 0 Å². The number of rotatable bonds is 11. The van der Waals surface area contributed by atoms with Crippen LogP contribution >= 0.6 is 0 Å². The lowest BCUT2D eigenvalue weighted by atomic mass is 9.95. The molecule has 3 aromatic rings. The number of carbonyl (C=O) groups is 2. The van der Waals surface area contributed by atoms with Crippen LogP contribution in [0.2, 0.25) is 0 Å². The molecule has 3 rings (SSSR count). The predicted molar refractivity (Wildman–Crippen MR) is 169 cm³/mol. The fourth-order valence-corrected chi connectivity index (χ4v) is 4.25. The first-order valence-electron chi connectivity index (χ1n) is 13.8. The molecule has 1 N–H and O–H groups in total. The molecule has 0 unspecified atom stereocenters. The standard InChI is InChI=1S/C32H38N4O2.C2H6/c1-8-27(37)21-24-16-17-29(26(20-24)18-22(2)34(4)5)32(33)36(23(3)19-31(38)35(6)7)30-15-11-13-25-12-9-10-14-28(25)30;1-2/h9-17,20,33H,2-3,8,18-19,21H2,1,4-7H3;1-2H3. The number of allylic oxidation sites excluding steroid dienone is 1. The van der Waals surface area contributed by atoms with Crippen molar-refractivity contribution in [3.63, 3.8) is 0 Å². The van der Waals surface area contributed by atoms with Crippen molar-refractivity contribution in [2.24, 2.45) is 0 Å². The first-order valence-corrected chi connectivity index (χ1v) is 13.8. The third-order valence-corrected chi connectivity index (χ3v) is 6.65. The Labute approximate surface area is 240 Å². The molecule has 40 heavy (non-hydrogen) atoms. The average Bonchev–Trinajstić information content (AvgIpc) is 2.94. The van der Waals surface area contributed by atoms with E-state index in [4.69, 9.17) is 0 Å². The van der Waals surface area contributed by atoms with Crippen LogP contribution in [0.1, 0.15) is 50.3 Å². The summed E-state index contributed by atoms with van der Waals surface area (Å²) in [7, 11) is 7.30. The second-order valence-electron chi connectivity index (χ2n) is 9.91. The number of carbonyl (C=O) groups excluding carboxylic acids is 2. The van der Waals surface area contributed by atoms with E-state index in [1.807, 2.05) is 100 Å². The molecule has 1 amide bonds. The molecule has 0 radical (unpaired) electrons. The van der Waals surface area contributed by atoms with Gasteiger partial charge in [0.1, 0.15) is 11.6 Å². The molecule has 0 aliphatic heterocycles. The van der Waals surface area contributed by atoms with Crippen molar-refractivity contribution >= 4 is 34.0 Å². The number of amidine groups is 1. The van der Waals surface area contributed by atoms with Crippen LogP contribution in [0, 0.1) is 5.41 Å². The van der Waals surface area contributed by atoms with Crippen molar-refractivity contribution in [1.29, 1.82) is 5.41 Å². The van der Waals surface area contributed by atoms with E-state index < -0.39 is 0 Å². The van der Waals surface area contributed by atoms with E-state index in [-0.39, 0.29) is 23.9 Å². The van der Waals surface area contributed by atoms with E-state index in [1.54, 1.807) is 19.0 Å². The Balaban J connectivity index is 0.00000274. The highest BCUT2D eigenvalue weighted by Gasteiger charge is 2.24. The third kappa shape index (κ3) is 7.92. The molecular formula is C34H44N4O2. The summed E-state index contributed by atoms with van der Waals surface area (Å²) in [5.74, 6) is 0.286. The van der Waals surface area contributed by atoms with Crippen LogP contribution in [-0.2, 0) is 22.4 Å². The largest absolute Gasteiger partial charge is 0.381 e. The summed E-state index contributed by atoms with van der Waals surface area (Å²) in [5, 5.41) is 11.4. The van der Waals surface area contributed by atoms with Crippen molar-refractivity contribution in [1.82, 2.24) is 9.80 Å². The zero-order valence-corrected chi connectivity index (χ0v) is 25.2. The molecule has 0 heterocycles. The molecule has 0 bridgehead atoms. The first-order chi connectivity index (χ1) is 19.0. The Bertz CT molecular complexity index is 1380. The highest BCUT2D eigenvalue weighted by Crippen LogP contribution is 2.32. The van der Waals surface area contributed by atoms with Gasteiger partial charge < -0.3 is 9.80 Å². The van der Waals surface area contributed by atoms with Crippen molar-refractivity contribution in [3.05, 3.63) is 102 Å². The summed E-state index contributed by atoms with van der Waals surface area (Å²) in [4.78, 5) is 30.1. The maximum absolute atomic E-state index is 12.7. The molecule has 0 aromatic heterocycles. The smallest absolute Gasteiger partial charge is 0.227 e. The van der Waals surface area contributed by atoms with E-state index in [9.17, 15) is 15.0 Å². The molecule has 0 atom stereocenters. The van der Waals surface area contributed by atoms with Gasteiger partial charge in [0.25, 0.3) is 0 Å². The van der Waals surface area contributed by atoms with E-state index in [0.717, 1.165) is 33.3 Å². The van der Waals surface area contributed by atoms with Gasteiger partial charge in [-0.1, -0.05) is 88.5 Å². The Hall–Kier alpha value is -4.19. The number of anilines is 1. The van der Waals surface area contributed by atoms with E-state index in [1.165, 1.54) is 4.90 Å². The van der Waals surface area contributed by atoms with Crippen molar-refractivity contribution in [3.8, 4) is 0 Å². The number of benzene rings is 3. The second-order valence-corrected chi connectivity index (χ2v) is 9.91. The lowest BCUT2D eigenvalue weighted by Crippen LogP contribution is -2.34. The topological polar surface area (TPSA) is 67.7 Å². The van der Waals surface area contributed by atoms with Crippen LogP contribution in [-0.4, -0.2) is 55.5 Å². The minimum atomic E-state index is -0.0947. The summed E-state index contributed by atoms with van der Waals surface area (Å²) in [5.41, 5.74) is 4.68. The molecule has 0 aliphatic rings. The molecule has 0 saturated carbocycles. The van der Waals surface area contributed by atoms with Crippen LogP contribution < -0.4 is 4.90 Å². The zero-order chi connectivity index (χ0) is 30.0. The summed E-state index contributed by atoms with van der Waals surface area (Å²) < 4.78 is 0. The number of fused-ring (bicyclic) bond motifs is 1. The van der Waals surface area contributed by atoms with E-state index >= 15 is 0 Å². The van der Waals surface area contributed by atoms with Gasteiger partial charge in [0.05, 0.1) is 12.1 Å². The first kappa shape index (κ1) is 32.0. The van der Waals surface area contributed by atoms with E-state index in [2.05, 4.69) is 13.2 Å². The lowest BCUT2D eigenvalue weighted by Gasteiger charge is -2.30. The summed E-state index contributed by atoms with van der Waals surface area (Å²) >= 11 is 0. The van der Waals surface area contributed by atoms with Crippen molar-refractivity contribution in [2.45, 2.75) is 46.5 Å². The number of likely N-dealkylation sites (N-methyl/N-ethyl adjacent to an activating group) is 1. The monoisotopic (exact) mass is 540 g/mol. The minimum Gasteiger partial charge on any atom is -0.381 e. The molecule has 6 nitrogen and oxygen atoms in total. The Morgan fingerprint density at radius 1 is 0.825 bits per heavy atom. The van der Waals surface area contributed by atoms with Crippen LogP contribution in [0.15, 0.2) is 85.2 Å². The highest BCUT2D eigenvalue weighted by atomic mass is 16.2. The Kier molecular flexibility index (Phi) is 11.9. The van der Waals surface area contributed by atoms with Gasteiger partial charge in [0, 0.05) is 69.8 Å². The van der Waals surface area contributed by atoms with Crippen LogP contribution in [0.5, 0.6) is 0 Å². The number of hydrogen-bond donors (Lipinski definition) is 1. The number of hydrogen-bond acceptors (Lipinski definition) is 4. The fourth-order valence-electron chi connectivity index (χ4n) is 4.25. The van der Waals surface area contributed by atoms with Gasteiger partial charge in [-0.3, -0.25) is 19.9 Å². The lowest BCUT2D eigenvalue weighted by molar-refractivity contribution is -0.128. The molecule has 212 valence electrons. The summed E-state index contributed by atoms with van der Waals surface area (Å²) in [6.45, 7) is 14.3. The fraction of sp³-hybridized carbons (Fsp3) is 0.324. The number of nitrogens with zero attached hydrogens (tertiary/aromatic N) is 3. The maximum Gasteiger partial charge on any atom is 0.227 e. The zero-order valence-electron chi connectivity index (χ0n) is 25.2. The van der Waals surface area contributed by atoms with Crippen LogP contribution in [0.4, 0.5) is 5.69 Å². The normalized spacial score (nSPS) is 10.3. The second kappa shape index (κ2) is 14.8. The molecule has 6 heteroatoms. The van der Waals surface area contributed by atoms with Crippen LogP contribution in [0.25, 0.3) is 10.8 Å². The van der Waals surface area contributed by atoms with Gasteiger partial charge in [0.2, 0.25) is 5.91 Å². The summed E-state index contributed by atoms with van der Waals surface area (Å²) in [6, 6.07) is 19.7. The Morgan fingerprint density at radius 2 is 1.48 bits per heavy atom. The van der Waals surface area contributed by atoms with Gasteiger partial charge in [-0.25, -0.2) is 0 Å². The number of nitrogens with one attached hydrogen (secondary N) is 1. The van der Waals surface area contributed by atoms with Gasteiger partial charge in [-0.2, -0.15) is 0 Å². The molecule has 0 spiro atoms. The van der Waals surface area contributed by atoms with Gasteiger partial charge in [-0.05, 0) is 22.6 Å². The SMILES string of the molecule is C=C(Cc1cc(CC(=O)CC)ccc1C(=N)N(C(=C)CC(=O)N(C)C)c1cccc2ccccc12)N(C)C.CC. The molecule has 0 saturated heterocycles. The van der Waals surface area contributed by atoms with Gasteiger partial charge in [-0.15, -0.1) is 0 Å². The number of amides is 1. The molecule has 0 fully saturated rings. The number of Topliss-reactive ketones (excluding diaryl/α,β-unsaturated/α-hetero) is 1. The Morgan fingerprint density at radius 3 is 2.10 bits per heavy atom. The van der Waals surface area contributed by atoms with Crippen molar-refractivity contribution in [2.75, 3.05) is 33.1 Å². The summed E-state index contributed by atoms with van der Waals surface area (Å²) in [6.07, 6.45) is 1.42. The average molecular weight is 541 g/mol. The van der Waals surface area contributed by atoms with Gasteiger partial charge >= 0.3 is 0 Å². The van der Waals surface area contributed by atoms with Crippen LogP contribution in [0.3, 0.4) is 0 Å². The maximum atomic E-state index is 12.7. The highest BCUT2D eigenvalue weighted by molar-refractivity contribution is 6.15. The number of ketones is 1. The third-order valence-electron chi connectivity index (χ3n) is 6.65. The quantitative estimate of drug-likeness (QED) is 0.214. The predicted octanol–water partition coefficient (Wildman–Crippen LogP) is 6.83. The van der Waals surface area contributed by atoms with E-state index in [0.29, 0.717) is 30.5 Å². The molecule has 0 aliphatic carbocycles. The van der Waals surface area contributed by atoms with Crippen molar-refractivity contribution < 1.29 is 9.59 Å². The molecule has 3 aromatic carbocycles. The minimum absolute atomic E-state index is 0.0709.